The lowest BCUT2D eigenvalue weighted by Gasteiger charge is -2.56. The van der Waals surface area contributed by atoms with Gasteiger partial charge in [-0.2, -0.15) is 0 Å². The van der Waals surface area contributed by atoms with Crippen molar-refractivity contribution in [2.24, 2.45) is 0 Å². The SMILES string of the molecule is [2H]CC(=O)C(O)[C@H]1OC(O)(Cl)[C@H](NC(C)=O)[C@](O)(C(=O)C[2H])[C@@]1(O)C(=O)C[2H]. The number of Topliss-reactive ketones (excluding diaryl/α,β-unsaturated/α-hetero) is 3. The van der Waals surface area contributed by atoms with Crippen LogP contribution in [0.1, 0.15) is 31.7 Å². The average molecular weight is 385 g/mol. The fraction of sp³-hybridized carbons (Fsp3) is 0.714. The Labute approximate surface area is 151 Å². The molecule has 0 bridgehead atoms. The van der Waals surface area contributed by atoms with Gasteiger partial charge in [0, 0.05) is 11.0 Å². The number of carbonyl (C=O) groups excluding carboxylic acids is 4. The molecule has 0 aromatic heterocycles. The van der Waals surface area contributed by atoms with E-state index in [4.69, 9.17) is 20.5 Å². The zero-order valence-corrected chi connectivity index (χ0v) is 13.8. The van der Waals surface area contributed by atoms with Gasteiger partial charge in [-0.3, -0.25) is 19.2 Å². The molecule has 1 fully saturated rings. The number of ether oxygens (including phenoxy) is 1. The van der Waals surface area contributed by atoms with Crippen molar-refractivity contribution < 1.29 is 48.5 Å². The maximum Gasteiger partial charge on any atom is 0.271 e. The van der Waals surface area contributed by atoms with Gasteiger partial charge < -0.3 is 30.5 Å². The molecule has 1 amide bonds. The van der Waals surface area contributed by atoms with E-state index >= 15 is 0 Å². The van der Waals surface area contributed by atoms with Crippen LogP contribution in [0.2, 0.25) is 0 Å². The maximum absolute atomic E-state index is 12.4. The summed E-state index contributed by atoms with van der Waals surface area (Å²) < 4.78 is 26.3. The molecule has 1 aliphatic heterocycles. The summed E-state index contributed by atoms with van der Waals surface area (Å²) in [7, 11) is 0. The molecule has 2 unspecified atom stereocenters. The summed E-state index contributed by atoms with van der Waals surface area (Å²) in [4.78, 5) is 48.0. The molecule has 11 heteroatoms. The number of nitrogens with one attached hydrogen (secondary N) is 1. The summed E-state index contributed by atoms with van der Waals surface area (Å²) in [5.41, 5.74) is -7.15. The van der Waals surface area contributed by atoms with Crippen molar-refractivity contribution in [3.05, 3.63) is 0 Å². The highest BCUT2D eigenvalue weighted by molar-refractivity contribution is 6.23. The van der Waals surface area contributed by atoms with Gasteiger partial charge in [0.15, 0.2) is 28.6 Å². The van der Waals surface area contributed by atoms with E-state index in [2.05, 4.69) is 0 Å². The van der Waals surface area contributed by atoms with E-state index in [1.54, 1.807) is 0 Å². The van der Waals surface area contributed by atoms with Crippen molar-refractivity contribution in [2.45, 2.75) is 62.3 Å². The standard InChI is InChI=1S/C14H20ClNO9/c1-5(17)9(21)10-12(22,6(2)18)13(23,7(3)19)11(16-8(4)20)14(15,24)25-10/h9-11,21-24H,1-4H3,(H,16,20)/t9?,10-,11-,12-,13-,14?/m1/s1/i1D,2D,3D. The van der Waals surface area contributed by atoms with E-state index in [1.807, 2.05) is 5.32 Å². The van der Waals surface area contributed by atoms with Crippen LogP contribution in [0.25, 0.3) is 0 Å². The van der Waals surface area contributed by atoms with Crippen LogP contribution < -0.4 is 5.32 Å². The molecule has 0 saturated carbocycles. The second-order valence-corrected chi connectivity index (χ2v) is 6.11. The number of amides is 1. The normalized spacial score (nSPS) is 41.0. The summed E-state index contributed by atoms with van der Waals surface area (Å²) in [5, 5.41) is 41.1. The predicted molar refractivity (Wildman–Crippen MR) is 81.2 cm³/mol. The monoisotopic (exact) mass is 384 g/mol. The fourth-order valence-corrected chi connectivity index (χ4v) is 2.94. The molecular weight excluding hydrogens is 362 g/mol. The molecule has 1 rings (SSSR count). The second kappa shape index (κ2) is 6.71. The number of rotatable bonds is 5. The third-order valence-corrected chi connectivity index (χ3v) is 4.18. The van der Waals surface area contributed by atoms with Gasteiger partial charge >= 0.3 is 0 Å². The number of hydrogen-bond acceptors (Lipinski definition) is 9. The van der Waals surface area contributed by atoms with Gasteiger partial charge in [0.2, 0.25) is 5.91 Å². The summed E-state index contributed by atoms with van der Waals surface area (Å²) in [6.45, 7) is -2.79. The Kier molecular flexibility index (Phi) is 4.56. The zero-order chi connectivity index (χ0) is 22.1. The largest absolute Gasteiger partial charge is 0.382 e. The zero-order valence-electron chi connectivity index (χ0n) is 16.1. The van der Waals surface area contributed by atoms with E-state index in [0.29, 0.717) is 0 Å². The number of carbonyl (C=O) groups is 4. The molecular formula is C14H20ClNO9. The molecule has 0 aromatic rings. The minimum absolute atomic E-state index is 0.870. The summed E-state index contributed by atoms with van der Waals surface area (Å²) >= 11 is 5.74. The van der Waals surface area contributed by atoms with E-state index in [-0.39, 0.29) is 0 Å². The molecule has 142 valence electrons. The highest BCUT2D eigenvalue weighted by Crippen LogP contribution is 2.46. The lowest BCUT2D eigenvalue weighted by Crippen LogP contribution is -2.85. The summed E-state index contributed by atoms with van der Waals surface area (Å²) in [5.74, 6) is -5.62. The molecule has 1 aliphatic rings. The van der Waals surface area contributed by atoms with Gasteiger partial charge in [-0.25, -0.2) is 0 Å². The van der Waals surface area contributed by atoms with Crippen molar-refractivity contribution in [3.63, 3.8) is 0 Å². The number of halogens is 1. The molecule has 5 N–H and O–H groups in total. The molecule has 25 heavy (non-hydrogen) atoms. The third kappa shape index (κ3) is 3.21. The van der Waals surface area contributed by atoms with Crippen molar-refractivity contribution >= 4 is 34.9 Å². The maximum atomic E-state index is 12.4. The predicted octanol–water partition coefficient (Wildman–Crippen LogP) is -2.64. The molecule has 1 heterocycles. The number of hydrogen-bond donors (Lipinski definition) is 5. The van der Waals surface area contributed by atoms with Crippen LogP contribution in [0.5, 0.6) is 0 Å². The second-order valence-electron chi connectivity index (χ2n) is 5.57. The number of ketones is 3. The minimum atomic E-state index is -3.58. The van der Waals surface area contributed by atoms with Crippen molar-refractivity contribution in [2.75, 3.05) is 0 Å². The summed E-state index contributed by atoms with van der Waals surface area (Å²) in [6.07, 6.45) is -5.14. The smallest absolute Gasteiger partial charge is 0.271 e. The van der Waals surface area contributed by atoms with Gasteiger partial charge in [0.1, 0.15) is 18.2 Å². The van der Waals surface area contributed by atoms with Gasteiger partial charge in [0.05, 0.1) is 0 Å². The minimum Gasteiger partial charge on any atom is -0.382 e. The Balaban J connectivity index is 3.86. The highest BCUT2D eigenvalue weighted by Gasteiger charge is 2.75. The van der Waals surface area contributed by atoms with Crippen LogP contribution in [0.15, 0.2) is 0 Å². The van der Waals surface area contributed by atoms with E-state index < -0.39 is 78.7 Å². The molecule has 1 saturated heterocycles. The Bertz CT molecular complexity index is 678. The van der Waals surface area contributed by atoms with Crippen LogP contribution >= 0.6 is 11.6 Å². The van der Waals surface area contributed by atoms with Gasteiger partial charge in [-0.1, -0.05) is 11.6 Å². The fourth-order valence-electron chi connectivity index (χ4n) is 2.63. The van der Waals surface area contributed by atoms with Gasteiger partial charge in [-0.15, -0.1) is 0 Å². The molecule has 10 nitrogen and oxygen atoms in total. The van der Waals surface area contributed by atoms with Crippen molar-refractivity contribution in [1.82, 2.24) is 5.32 Å². The van der Waals surface area contributed by atoms with E-state index in [9.17, 15) is 39.6 Å². The number of aliphatic hydroxyl groups excluding tert-OH is 1. The van der Waals surface area contributed by atoms with Gasteiger partial charge in [0.25, 0.3) is 5.25 Å². The first-order chi connectivity index (χ1) is 12.7. The first-order valence-corrected chi connectivity index (χ1v) is 7.09. The molecule has 0 spiro atoms. The van der Waals surface area contributed by atoms with Crippen LogP contribution in [0.4, 0.5) is 0 Å². The average Bonchev–Trinajstić information content (AvgIpc) is 2.65. The first kappa shape index (κ1) is 17.0. The number of alkyl halides is 1. The molecule has 0 aromatic carbocycles. The Morgan fingerprint density at radius 1 is 1.12 bits per heavy atom. The lowest BCUT2D eigenvalue weighted by molar-refractivity contribution is -0.329. The Morgan fingerprint density at radius 2 is 1.64 bits per heavy atom. The lowest BCUT2D eigenvalue weighted by atomic mass is 9.65. The highest BCUT2D eigenvalue weighted by atomic mass is 35.5. The molecule has 6 atom stereocenters. The van der Waals surface area contributed by atoms with Crippen LogP contribution in [-0.2, 0) is 23.9 Å². The van der Waals surface area contributed by atoms with Crippen molar-refractivity contribution in [1.29, 1.82) is 0 Å². The Morgan fingerprint density at radius 3 is 2.08 bits per heavy atom. The summed E-state index contributed by atoms with van der Waals surface area (Å²) in [6, 6.07) is -2.44. The quantitative estimate of drug-likeness (QED) is 0.318. The molecule has 0 radical (unpaired) electrons. The topological polar surface area (TPSA) is 170 Å². The van der Waals surface area contributed by atoms with E-state index in [0.717, 1.165) is 6.92 Å². The van der Waals surface area contributed by atoms with Crippen molar-refractivity contribution in [3.8, 4) is 0 Å². The van der Waals surface area contributed by atoms with Gasteiger partial charge in [-0.05, 0) is 20.7 Å². The van der Waals surface area contributed by atoms with Crippen LogP contribution in [0.3, 0.4) is 0 Å². The third-order valence-electron chi connectivity index (χ3n) is 3.87. The van der Waals surface area contributed by atoms with E-state index in [1.165, 1.54) is 0 Å². The first-order valence-electron chi connectivity index (χ1n) is 8.83. The number of aliphatic hydroxyl groups is 4. The molecule has 0 aliphatic carbocycles. The van der Waals surface area contributed by atoms with Crippen LogP contribution in [0, 0.1) is 0 Å². The Hall–Kier alpha value is -1.43. The van der Waals surface area contributed by atoms with Crippen LogP contribution in [-0.4, -0.2) is 78.4 Å².